The van der Waals surface area contributed by atoms with Gasteiger partial charge >= 0.3 is 0 Å². The molecule has 0 bridgehead atoms. The van der Waals surface area contributed by atoms with Gasteiger partial charge in [0.15, 0.2) is 11.5 Å². The van der Waals surface area contributed by atoms with E-state index in [9.17, 15) is 13.2 Å². The maximum absolute atomic E-state index is 12.6. The highest BCUT2D eigenvalue weighted by Gasteiger charge is 2.28. The van der Waals surface area contributed by atoms with Crippen molar-refractivity contribution in [3.63, 3.8) is 0 Å². The average Bonchev–Trinajstić information content (AvgIpc) is 2.99. The van der Waals surface area contributed by atoms with Crippen LogP contribution in [0.2, 0.25) is 0 Å². The van der Waals surface area contributed by atoms with Gasteiger partial charge < -0.3 is 20.5 Å². The minimum absolute atomic E-state index is 0.0249. The highest BCUT2D eigenvalue weighted by molar-refractivity contribution is 7.92. The Labute approximate surface area is 148 Å². The van der Waals surface area contributed by atoms with Gasteiger partial charge in [0.1, 0.15) is 0 Å². The van der Waals surface area contributed by atoms with Crippen LogP contribution in [0.15, 0.2) is 12.1 Å². The van der Waals surface area contributed by atoms with E-state index in [2.05, 4.69) is 10.0 Å². The first-order valence-electron chi connectivity index (χ1n) is 8.03. The zero-order valence-corrected chi connectivity index (χ0v) is 15.5. The Balaban J connectivity index is 2.33. The van der Waals surface area contributed by atoms with Crippen LogP contribution in [-0.2, 0) is 10.0 Å². The molecule has 8 nitrogen and oxygen atoms in total. The second-order valence-corrected chi connectivity index (χ2v) is 7.89. The first-order chi connectivity index (χ1) is 11.8. The highest BCUT2D eigenvalue weighted by Crippen LogP contribution is 2.37. The fourth-order valence-electron chi connectivity index (χ4n) is 3.13. The van der Waals surface area contributed by atoms with Crippen LogP contribution in [0.25, 0.3) is 0 Å². The first-order valence-corrected chi connectivity index (χ1v) is 9.93. The number of carbonyl (C=O) groups excluding carboxylic acids is 1. The molecule has 1 aromatic carbocycles. The van der Waals surface area contributed by atoms with E-state index in [1.807, 2.05) is 0 Å². The van der Waals surface area contributed by atoms with E-state index in [0.717, 1.165) is 25.5 Å². The van der Waals surface area contributed by atoms with Crippen molar-refractivity contribution < 1.29 is 22.7 Å². The molecule has 1 aliphatic rings. The van der Waals surface area contributed by atoms with Gasteiger partial charge in [-0.2, -0.15) is 0 Å². The summed E-state index contributed by atoms with van der Waals surface area (Å²) in [6.45, 7) is 0.526. The maximum atomic E-state index is 12.6. The summed E-state index contributed by atoms with van der Waals surface area (Å²) in [5.41, 5.74) is 6.18. The summed E-state index contributed by atoms with van der Waals surface area (Å²) in [5.74, 6) is 0.439. The number of carbonyl (C=O) groups is 1. The molecule has 0 aromatic heterocycles. The SMILES string of the molecule is COc1cc(C(=O)NC2CCCC2CN)cc(NS(C)(=O)=O)c1OC. The number of benzene rings is 1. The molecule has 1 aromatic rings. The van der Waals surface area contributed by atoms with Crippen molar-refractivity contribution in [2.75, 3.05) is 31.7 Å². The third-order valence-corrected chi connectivity index (χ3v) is 4.91. The molecule has 1 amide bonds. The van der Waals surface area contributed by atoms with Crippen LogP contribution in [0.1, 0.15) is 29.6 Å². The Kier molecular flexibility index (Phi) is 6.12. The molecule has 9 heteroatoms. The zero-order chi connectivity index (χ0) is 18.6. The van der Waals surface area contributed by atoms with Gasteiger partial charge in [0, 0.05) is 11.6 Å². The monoisotopic (exact) mass is 371 g/mol. The number of hydrogen-bond acceptors (Lipinski definition) is 6. The molecule has 0 radical (unpaired) electrons. The van der Waals surface area contributed by atoms with Crippen molar-refractivity contribution in [3.8, 4) is 11.5 Å². The van der Waals surface area contributed by atoms with E-state index in [0.29, 0.717) is 6.54 Å². The van der Waals surface area contributed by atoms with Gasteiger partial charge in [0.25, 0.3) is 5.91 Å². The van der Waals surface area contributed by atoms with Crippen LogP contribution >= 0.6 is 0 Å². The molecule has 4 N–H and O–H groups in total. The molecule has 0 spiro atoms. The lowest BCUT2D eigenvalue weighted by molar-refractivity contribution is 0.0928. The number of rotatable bonds is 7. The fourth-order valence-corrected chi connectivity index (χ4v) is 3.68. The number of methoxy groups -OCH3 is 2. The first kappa shape index (κ1) is 19.3. The number of hydrogen-bond donors (Lipinski definition) is 3. The maximum Gasteiger partial charge on any atom is 0.251 e. The van der Waals surface area contributed by atoms with Gasteiger partial charge in [0.2, 0.25) is 10.0 Å². The fraction of sp³-hybridized carbons (Fsp3) is 0.562. The van der Waals surface area contributed by atoms with Crippen molar-refractivity contribution in [2.45, 2.75) is 25.3 Å². The molecule has 0 heterocycles. The topological polar surface area (TPSA) is 120 Å². The van der Waals surface area contributed by atoms with Crippen molar-refractivity contribution in [3.05, 3.63) is 17.7 Å². The van der Waals surface area contributed by atoms with Crippen LogP contribution in [0.4, 0.5) is 5.69 Å². The molecule has 2 rings (SSSR count). The van der Waals surface area contributed by atoms with Crippen molar-refractivity contribution in [2.24, 2.45) is 11.7 Å². The zero-order valence-electron chi connectivity index (χ0n) is 14.7. The van der Waals surface area contributed by atoms with E-state index >= 15 is 0 Å². The van der Waals surface area contributed by atoms with Gasteiger partial charge in [-0.3, -0.25) is 9.52 Å². The van der Waals surface area contributed by atoms with Crippen molar-refractivity contribution >= 4 is 21.6 Å². The van der Waals surface area contributed by atoms with E-state index in [1.165, 1.54) is 26.4 Å². The minimum Gasteiger partial charge on any atom is -0.493 e. The number of sulfonamides is 1. The Hall–Kier alpha value is -2.00. The minimum atomic E-state index is -3.55. The smallest absolute Gasteiger partial charge is 0.251 e. The standard InChI is InChI=1S/C16H25N3O5S/c1-23-14-8-11(7-13(15(14)24-2)19-25(3,21)22)16(20)18-12-6-4-5-10(12)9-17/h7-8,10,12,19H,4-6,9,17H2,1-3H3,(H,18,20). The molecule has 2 unspecified atom stereocenters. The second kappa shape index (κ2) is 7.92. The Morgan fingerprint density at radius 3 is 2.56 bits per heavy atom. The summed E-state index contributed by atoms with van der Waals surface area (Å²) in [7, 11) is -0.726. The van der Waals surface area contributed by atoms with Gasteiger partial charge in [-0.25, -0.2) is 8.42 Å². The second-order valence-electron chi connectivity index (χ2n) is 6.14. The van der Waals surface area contributed by atoms with E-state index in [4.69, 9.17) is 15.2 Å². The lowest BCUT2D eigenvalue weighted by Crippen LogP contribution is -2.39. The van der Waals surface area contributed by atoms with Gasteiger partial charge in [-0.05, 0) is 37.4 Å². The third-order valence-electron chi connectivity index (χ3n) is 4.31. The summed E-state index contributed by atoms with van der Waals surface area (Å²) >= 11 is 0. The third kappa shape index (κ3) is 4.76. The van der Waals surface area contributed by atoms with Gasteiger partial charge in [0.05, 0.1) is 26.2 Å². The summed E-state index contributed by atoms with van der Waals surface area (Å²) in [5, 5.41) is 2.98. The van der Waals surface area contributed by atoms with Crippen LogP contribution in [0.3, 0.4) is 0 Å². The molecule has 2 atom stereocenters. The van der Waals surface area contributed by atoms with Gasteiger partial charge in [-0.1, -0.05) is 6.42 Å². The predicted octanol–water partition coefficient (Wildman–Crippen LogP) is 0.933. The summed E-state index contributed by atoms with van der Waals surface area (Å²) < 4.78 is 36.0. The largest absolute Gasteiger partial charge is 0.493 e. The van der Waals surface area contributed by atoms with Crippen LogP contribution in [0, 0.1) is 5.92 Å². The molecule has 140 valence electrons. The van der Waals surface area contributed by atoms with E-state index in [1.54, 1.807) is 0 Å². The summed E-state index contributed by atoms with van der Waals surface area (Å²) in [6, 6.07) is 2.98. The Bertz CT molecular complexity index is 736. The quantitative estimate of drug-likeness (QED) is 0.656. The number of nitrogens with one attached hydrogen (secondary N) is 2. The molecule has 0 aliphatic heterocycles. The summed E-state index contributed by atoms with van der Waals surface area (Å²) in [4.78, 5) is 12.6. The van der Waals surface area contributed by atoms with Crippen LogP contribution in [0.5, 0.6) is 11.5 Å². The Morgan fingerprint density at radius 2 is 2.00 bits per heavy atom. The lowest BCUT2D eigenvalue weighted by Gasteiger charge is -2.20. The number of ether oxygens (including phenoxy) is 2. The number of nitrogens with two attached hydrogens (primary N) is 1. The molecule has 1 fully saturated rings. The molecule has 25 heavy (non-hydrogen) atoms. The van der Waals surface area contributed by atoms with Crippen molar-refractivity contribution in [1.82, 2.24) is 5.32 Å². The molecule has 1 saturated carbocycles. The van der Waals surface area contributed by atoms with Gasteiger partial charge in [-0.15, -0.1) is 0 Å². The highest BCUT2D eigenvalue weighted by atomic mass is 32.2. The van der Waals surface area contributed by atoms with Crippen LogP contribution in [-0.4, -0.2) is 47.4 Å². The molecule has 0 saturated heterocycles. The van der Waals surface area contributed by atoms with Crippen LogP contribution < -0.4 is 25.2 Å². The van der Waals surface area contributed by atoms with E-state index < -0.39 is 10.0 Å². The van der Waals surface area contributed by atoms with E-state index in [-0.39, 0.29) is 40.6 Å². The molecular formula is C16H25N3O5S. The number of amides is 1. The normalized spacial score (nSPS) is 20.2. The molecule has 1 aliphatic carbocycles. The average molecular weight is 371 g/mol. The predicted molar refractivity (Wildman–Crippen MR) is 95.7 cm³/mol. The van der Waals surface area contributed by atoms with Crippen molar-refractivity contribution in [1.29, 1.82) is 0 Å². The molecular weight excluding hydrogens is 346 g/mol. The summed E-state index contributed by atoms with van der Waals surface area (Å²) in [6.07, 6.45) is 3.93. The number of anilines is 1. The Morgan fingerprint density at radius 1 is 1.28 bits per heavy atom. The lowest BCUT2D eigenvalue weighted by atomic mass is 10.0.